The highest BCUT2D eigenvalue weighted by molar-refractivity contribution is 7.21. The highest BCUT2D eigenvalue weighted by Gasteiger charge is 2.22. The van der Waals surface area contributed by atoms with E-state index in [0.717, 1.165) is 22.2 Å². The molecule has 1 heterocycles. The standard InChI is InChI=1S/C16H21NO3S/c1-4-17(10-16(2,3)20)9-12-11-7-5-6-8-13(11)21-14(12)15(18)19/h5-8,20H,4,9-10H2,1-3H3,(H,18,19). The molecule has 0 radical (unpaired) electrons. The van der Waals surface area contributed by atoms with Crippen LogP contribution in [-0.2, 0) is 6.54 Å². The Morgan fingerprint density at radius 1 is 1.33 bits per heavy atom. The molecule has 21 heavy (non-hydrogen) atoms. The molecule has 1 aromatic heterocycles. The molecule has 0 saturated carbocycles. The van der Waals surface area contributed by atoms with Gasteiger partial charge in [-0.05, 0) is 37.4 Å². The Balaban J connectivity index is 2.39. The molecule has 2 N–H and O–H groups in total. The van der Waals surface area contributed by atoms with Gasteiger partial charge in [0.2, 0.25) is 0 Å². The summed E-state index contributed by atoms with van der Waals surface area (Å²) in [4.78, 5) is 14.0. The van der Waals surface area contributed by atoms with Crippen molar-refractivity contribution in [3.05, 3.63) is 34.7 Å². The number of hydrogen-bond acceptors (Lipinski definition) is 4. The van der Waals surface area contributed by atoms with E-state index in [0.29, 0.717) is 18.0 Å². The molecule has 1 aromatic carbocycles. The van der Waals surface area contributed by atoms with Gasteiger partial charge in [0, 0.05) is 17.8 Å². The summed E-state index contributed by atoms with van der Waals surface area (Å²) < 4.78 is 0.990. The Kier molecular flexibility index (Phi) is 4.66. The van der Waals surface area contributed by atoms with Crippen molar-refractivity contribution < 1.29 is 15.0 Å². The van der Waals surface area contributed by atoms with E-state index in [4.69, 9.17) is 0 Å². The van der Waals surface area contributed by atoms with Crippen molar-refractivity contribution in [2.45, 2.75) is 32.9 Å². The van der Waals surface area contributed by atoms with Gasteiger partial charge in [0.15, 0.2) is 0 Å². The van der Waals surface area contributed by atoms with Crippen LogP contribution >= 0.6 is 11.3 Å². The maximum absolute atomic E-state index is 11.5. The minimum atomic E-state index is -0.884. The Hall–Kier alpha value is -1.43. The molecule has 0 aliphatic heterocycles. The van der Waals surface area contributed by atoms with Crippen molar-refractivity contribution in [2.24, 2.45) is 0 Å². The second-order valence-electron chi connectivity index (χ2n) is 5.83. The van der Waals surface area contributed by atoms with Crippen molar-refractivity contribution in [3.63, 3.8) is 0 Å². The van der Waals surface area contributed by atoms with Crippen molar-refractivity contribution in [3.8, 4) is 0 Å². The molecule has 114 valence electrons. The minimum Gasteiger partial charge on any atom is -0.477 e. The van der Waals surface area contributed by atoms with E-state index in [1.54, 1.807) is 13.8 Å². The number of nitrogens with zero attached hydrogens (tertiary/aromatic N) is 1. The second kappa shape index (κ2) is 6.13. The molecular weight excluding hydrogens is 286 g/mol. The predicted octanol–water partition coefficient (Wildman–Crippen LogP) is 3.19. The summed E-state index contributed by atoms with van der Waals surface area (Å²) >= 11 is 1.31. The van der Waals surface area contributed by atoms with Gasteiger partial charge in [-0.15, -0.1) is 11.3 Å². The van der Waals surface area contributed by atoms with Crippen LogP contribution in [0.5, 0.6) is 0 Å². The Morgan fingerprint density at radius 3 is 2.57 bits per heavy atom. The smallest absolute Gasteiger partial charge is 0.346 e. The number of rotatable bonds is 6. The summed E-state index contributed by atoms with van der Waals surface area (Å²) in [5.41, 5.74) is 0.0415. The first-order chi connectivity index (χ1) is 9.81. The van der Waals surface area contributed by atoms with Gasteiger partial charge in [-0.2, -0.15) is 0 Å². The summed E-state index contributed by atoms with van der Waals surface area (Å²) in [7, 11) is 0. The summed E-state index contributed by atoms with van der Waals surface area (Å²) in [5.74, 6) is -0.884. The zero-order valence-electron chi connectivity index (χ0n) is 12.6. The molecule has 0 amide bonds. The minimum absolute atomic E-state index is 0.394. The fourth-order valence-corrected chi connectivity index (χ4v) is 3.53. The first kappa shape index (κ1) is 15.9. The highest BCUT2D eigenvalue weighted by atomic mass is 32.1. The lowest BCUT2D eigenvalue weighted by atomic mass is 10.1. The first-order valence-electron chi connectivity index (χ1n) is 7.00. The van der Waals surface area contributed by atoms with Crippen LogP contribution in [0.15, 0.2) is 24.3 Å². The third-order valence-corrected chi connectivity index (χ3v) is 4.53. The molecule has 5 heteroatoms. The lowest BCUT2D eigenvalue weighted by Crippen LogP contribution is -2.38. The van der Waals surface area contributed by atoms with Crippen molar-refractivity contribution >= 4 is 27.4 Å². The number of hydrogen-bond donors (Lipinski definition) is 2. The molecule has 4 nitrogen and oxygen atoms in total. The molecule has 0 atom stereocenters. The van der Waals surface area contributed by atoms with Gasteiger partial charge in [0.25, 0.3) is 0 Å². The Labute approximate surface area is 128 Å². The average Bonchev–Trinajstić information content (AvgIpc) is 2.76. The van der Waals surface area contributed by atoms with Crippen LogP contribution < -0.4 is 0 Å². The number of carboxylic acid groups (broad SMARTS) is 1. The van der Waals surface area contributed by atoms with E-state index in [-0.39, 0.29) is 0 Å². The second-order valence-corrected chi connectivity index (χ2v) is 6.88. The monoisotopic (exact) mass is 307 g/mol. The summed E-state index contributed by atoms with van der Waals surface area (Å²) in [6.45, 7) is 7.34. The number of aliphatic hydroxyl groups is 1. The largest absolute Gasteiger partial charge is 0.477 e. The Morgan fingerprint density at radius 2 is 2.00 bits per heavy atom. The normalized spacial score (nSPS) is 12.2. The number of benzene rings is 1. The van der Waals surface area contributed by atoms with Crippen molar-refractivity contribution in [2.75, 3.05) is 13.1 Å². The molecule has 0 aliphatic rings. The molecule has 0 fully saturated rings. The van der Waals surface area contributed by atoms with Crippen molar-refractivity contribution in [1.82, 2.24) is 4.90 Å². The van der Waals surface area contributed by atoms with E-state index in [9.17, 15) is 15.0 Å². The zero-order valence-corrected chi connectivity index (χ0v) is 13.4. The molecule has 2 rings (SSSR count). The maximum atomic E-state index is 11.5. The van der Waals surface area contributed by atoms with Gasteiger partial charge in [-0.3, -0.25) is 4.90 Å². The van der Waals surface area contributed by atoms with Crippen LogP contribution in [0.2, 0.25) is 0 Å². The van der Waals surface area contributed by atoms with Gasteiger partial charge in [0.1, 0.15) is 4.88 Å². The molecule has 0 spiro atoms. The third-order valence-electron chi connectivity index (χ3n) is 3.33. The van der Waals surface area contributed by atoms with Gasteiger partial charge in [0.05, 0.1) is 5.60 Å². The lowest BCUT2D eigenvalue weighted by Gasteiger charge is -2.28. The topological polar surface area (TPSA) is 60.8 Å². The summed E-state index contributed by atoms with van der Waals surface area (Å²) in [5, 5.41) is 20.4. The van der Waals surface area contributed by atoms with E-state index in [2.05, 4.69) is 4.90 Å². The van der Waals surface area contributed by atoms with Gasteiger partial charge < -0.3 is 10.2 Å². The predicted molar refractivity (Wildman–Crippen MR) is 86.0 cm³/mol. The number of thiophene rings is 1. The molecule has 0 saturated heterocycles. The Bertz CT molecular complexity index is 642. The van der Waals surface area contributed by atoms with E-state index < -0.39 is 11.6 Å². The van der Waals surface area contributed by atoms with Gasteiger partial charge in [-0.1, -0.05) is 25.1 Å². The van der Waals surface area contributed by atoms with E-state index in [1.165, 1.54) is 11.3 Å². The van der Waals surface area contributed by atoms with E-state index >= 15 is 0 Å². The average molecular weight is 307 g/mol. The van der Waals surface area contributed by atoms with Crippen LogP contribution in [0, 0.1) is 0 Å². The number of aromatic carboxylic acids is 1. The lowest BCUT2D eigenvalue weighted by molar-refractivity contribution is 0.0354. The van der Waals surface area contributed by atoms with Crippen LogP contribution in [0.1, 0.15) is 36.0 Å². The number of carboxylic acids is 1. The van der Waals surface area contributed by atoms with Crippen molar-refractivity contribution in [1.29, 1.82) is 0 Å². The van der Waals surface area contributed by atoms with E-state index in [1.807, 2.05) is 31.2 Å². The van der Waals surface area contributed by atoms with Crippen LogP contribution in [0.4, 0.5) is 0 Å². The number of likely N-dealkylation sites (N-methyl/N-ethyl adjacent to an activating group) is 1. The van der Waals surface area contributed by atoms with Gasteiger partial charge >= 0.3 is 5.97 Å². The first-order valence-corrected chi connectivity index (χ1v) is 7.82. The quantitative estimate of drug-likeness (QED) is 0.860. The number of carbonyl (C=O) groups is 1. The zero-order chi connectivity index (χ0) is 15.6. The van der Waals surface area contributed by atoms with Crippen LogP contribution in [0.3, 0.4) is 0 Å². The SMILES string of the molecule is CCN(Cc1c(C(=O)O)sc2ccccc12)CC(C)(C)O. The van der Waals surface area contributed by atoms with Crippen LogP contribution in [-0.4, -0.2) is 39.8 Å². The molecule has 0 unspecified atom stereocenters. The summed E-state index contributed by atoms with van der Waals surface area (Å²) in [6.07, 6.45) is 0. The molecular formula is C16H21NO3S. The fourth-order valence-electron chi connectivity index (χ4n) is 2.48. The molecule has 0 aliphatic carbocycles. The summed E-state index contributed by atoms with van der Waals surface area (Å²) in [6, 6.07) is 7.76. The van der Waals surface area contributed by atoms with Gasteiger partial charge in [-0.25, -0.2) is 4.79 Å². The maximum Gasteiger partial charge on any atom is 0.346 e. The van der Waals surface area contributed by atoms with Crippen LogP contribution in [0.25, 0.3) is 10.1 Å². The number of fused-ring (bicyclic) bond motifs is 1. The third kappa shape index (κ3) is 3.81. The fraction of sp³-hybridized carbons (Fsp3) is 0.438. The highest BCUT2D eigenvalue weighted by Crippen LogP contribution is 2.32. The molecule has 2 aromatic rings. The molecule has 0 bridgehead atoms.